The van der Waals surface area contributed by atoms with E-state index in [0.717, 1.165) is 12.1 Å². The molecule has 74 valence electrons. The highest BCUT2D eigenvalue weighted by atomic mass is 16.4. The van der Waals surface area contributed by atoms with Crippen molar-refractivity contribution in [2.24, 2.45) is 11.1 Å². The third kappa shape index (κ3) is 1.65. The number of oxime groups is 1. The fourth-order valence-electron chi connectivity index (χ4n) is 1.91. The van der Waals surface area contributed by atoms with Crippen LogP contribution in [0, 0.1) is 12.8 Å². The van der Waals surface area contributed by atoms with Crippen LogP contribution in [-0.2, 0) is 0 Å². The molecule has 2 heteroatoms. The van der Waals surface area contributed by atoms with Gasteiger partial charge in [-0.05, 0) is 31.7 Å². The van der Waals surface area contributed by atoms with Crippen LogP contribution in [0.15, 0.2) is 29.4 Å². The molecule has 0 spiro atoms. The summed E-state index contributed by atoms with van der Waals surface area (Å²) in [5.41, 5.74) is 3.51. The predicted molar refractivity (Wildman–Crippen MR) is 56.9 cm³/mol. The van der Waals surface area contributed by atoms with Gasteiger partial charge in [-0.15, -0.1) is 0 Å². The molecular formula is C12H15NO. The Bertz CT molecular complexity index is 353. The van der Waals surface area contributed by atoms with E-state index in [2.05, 4.69) is 36.3 Å². The minimum atomic E-state index is 0.461. The Morgan fingerprint density at radius 3 is 2.57 bits per heavy atom. The minimum Gasteiger partial charge on any atom is -0.411 e. The SMILES string of the molecule is C/C(=N\O)[C@H]1C[C@@H]1c1ccc(C)cc1. The first-order valence-electron chi connectivity index (χ1n) is 4.97. The monoisotopic (exact) mass is 189 g/mol. The summed E-state index contributed by atoms with van der Waals surface area (Å²) in [6.07, 6.45) is 1.12. The molecule has 2 nitrogen and oxygen atoms in total. The number of benzene rings is 1. The van der Waals surface area contributed by atoms with Gasteiger partial charge in [0.05, 0.1) is 5.71 Å². The first-order valence-corrected chi connectivity index (χ1v) is 4.97. The van der Waals surface area contributed by atoms with Gasteiger partial charge in [-0.1, -0.05) is 35.0 Å². The van der Waals surface area contributed by atoms with Crippen LogP contribution in [0.5, 0.6) is 0 Å². The fraction of sp³-hybridized carbons (Fsp3) is 0.417. The summed E-state index contributed by atoms with van der Waals surface area (Å²) in [5, 5.41) is 11.9. The summed E-state index contributed by atoms with van der Waals surface area (Å²) in [6, 6.07) is 8.61. The highest BCUT2D eigenvalue weighted by Crippen LogP contribution is 2.48. The van der Waals surface area contributed by atoms with Gasteiger partial charge >= 0.3 is 0 Å². The van der Waals surface area contributed by atoms with Crippen LogP contribution >= 0.6 is 0 Å². The first-order chi connectivity index (χ1) is 6.72. The van der Waals surface area contributed by atoms with Crippen LogP contribution in [0.1, 0.15) is 30.4 Å². The van der Waals surface area contributed by atoms with E-state index in [1.165, 1.54) is 11.1 Å². The zero-order valence-corrected chi connectivity index (χ0v) is 8.57. The lowest BCUT2D eigenvalue weighted by Gasteiger charge is -2.00. The number of rotatable bonds is 2. The molecule has 1 fully saturated rings. The third-order valence-corrected chi connectivity index (χ3v) is 2.99. The van der Waals surface area contributed by atoms with E-state index in [9.17, 15) is 0 Å². The van der Waals surface area contributed by atoms with Crippen molar-refractivity contribution in [1.82, 2.24) is 0 Å². The Kier molecular flexibility index (Phi) is 2.28. The number of hydrogen-bond acceptors (Lipinski definition) is 2. The molecule has 2 atom stereocenters. The number of hydrogen-bond donors (Lipinski definition) is 1. The molecule has 14 heavy (non-hydrogen) atoms. The highest BCUT2D eigenvalue weighted by molar-refractivity contribution is 5.87. The Morgan fingerprint density at radius 1 is 1.36 bits per heavy atom. The van der Waals surface area contributed by atoms with Crippen molar-refractivity contribution < 1.29 is 5.21 Å². The van der Waals surface area contributed by atoms with Gasteiger partial charge in [0, 0.05) is 5.92 Å². The van der Waals surface area contributed by atoms with Crippen molar-refractivity contribution in [3.63, 3.8) is 0 Å². The molecule has 0 amide bonds. The predicted octanol–water partition coefficient (Wildman–Crippen LogP) is 2.95. The fourth-order valence-corrected chi connectivity index (χ4v) is 1.91. The molecule has 0 saturated heterocycles. The lowest BCUT2D eigenvalue weighted by atomic mass is 10.1. The van der Waals surface area contributed by atoms with Gasteiger partial charge in [0.15, 0.2) is 0 Å². The summed E-state index contributed by atoms with van der Waals surface area (Å²) in [5.74, 6) is 1.04. The molecule has 0 aliphatic heterocycles. The second-order valence-corrected chi connectivity index (χ2v) is 4.10. The van der Waals surface area contributed by atoms with Crippen molar-refractivity contribution in [3.8, 4) is 0 Å². The second-order valence-electron chi connectivity index (χ2n) is 4.10. The van der Waals surface area contributed by atoms with E-state index in [1.54, 1.807) is 0 Å². The highest BCUT2D eigenvalue weighted by Gasteiger charge is 2.40. The average molecular weight is 189 g/mol. The van der Waals surface area contributed by atoms with E-state index in [1.807, 2.05) is 6.92 Å². The molecule has 0 bridgehead atoms. The van der Waals surface area contributed by atoms with Crippen molar-refractivity contribution >= 4 is 5.71 Å². The molecule has 1 aromatic carbocycles. The summed E-state index contributed by atoms with van der Waals surface area (Å²) in [7, 11) is 0. The van der Waals surface area contributed by atoms with Crippen LogP contribution < -0.4 is 0 Å². The zero-order chi connectivity index (χ0) is 10.1. The van der Waals surface area contributed by atoms with E-state index in [4.69, 9.17) is 5.21 Å². The summed E-state index contributed by atoms with van der Waals surface area (Å²) < 4.78 is 0. The topological polar surface area (TPSA) is 32.6 Å². The molecule has 1 aliphatic rings. The molecule has 0 heterocycles. The Balaban J connectivity index is 2.10. The third-order valence-electron chi connectivity index (χ3n) is 2.99. The van der Waals surface area contributed by atoms with Crippen LogP contribution in [0.25, 0.3) is 0 Å². The smallest absolute Gasteiger partial charge is 0.0577 e. The summed E-state index contributed by atoms with van der Waals surface area (Å²) in [4.78, 5) is 0. The van der Waals surface area contributed by atoms with Crippen LogP contribution in [-0.4, -0.2) is 10.9 Å². The van der Waals surface area contributed by atoms with Gasteiger partial charge in [-0.25, -0.2) is 0 Å². The summed E-state index contributed by atoms with van der Waals surface area (Å²) in [6.45, 7) is 3.98. The molecule has 0 aromatic heterocycles. The van der Waals surface area contributed by atoms with Crippen LogP contribution in [0.4, 0.5) is 0 Å². The average Bonchev–Trinajstić information content (AvgIpc) is 2.98. The van der Waals surface area contributed by atoms with Gasteiger partial charge in [-0.3, -0.25) is 0 Å². The van der Waals surface area contributed by atoms with E-state index in [0.29, 0.717) is 11.8 Å². The van der Waals surface area contributed by atoms with E-state index >= 15 is 0 Å². The number of nitrogens with zero attached hydrogens (tertiary/aromatic N) is 1. The summed E-state index contributed by atoms with van der Waals surface area (Å²) >= 11 is 0. The van der Waals surface area contributed by atoms with Crippen molar-refractivity contribution in [1.29, 1.82) is 0 Å². The molecule has 1 aliphatic carbocycles. The maximum atomic E-state index is 8.64. The largest absolute Gasteiger partial charge is 0.411 e. The molecule has 1 saturated carbocycles. The van der Waals surface area contributed by atoms with Gasteiger partial charge in [0.1, 0.15) is 0 Å². The standard InChI is InChI=1S/C12H15NO/c1-8-3-5-10(6-4-8)12-7-11(12)9(2)13-14/h3-6,11-12,14H,7H2,1-2H3/b13-9+/t11-,12-/m1/s1. The minimum absolute atomic E-state index is 0.461. The van der Waals surface area contributed by atoms with Gasteiger partial charge in [-0.2, -0.15) is 0 Å². The maximum Gasteiger partial charge on any atom is 0.0577 e. The van der Waals surface area contributed by atoms with E-state index < -0.39 is 0 Å². The molecule has 2 rings (SSSR count). The lowest BCUT2D eigenvalue weighted by molar-refractivity contribution is 0.316. The Labute approximate surface area is 84.3 Å². The quantitative estimate of drug-likeness (QED) is 0.433. The molecule has 1 aromatic rings. The molecule has 0 unspecified atom stereocenters. The van der Waals surface area contributed by atoms with Crippen molar-refractivity contribution in [2.45, 2.75) is 26.2 Å². The lowest BCUT2D eigenvalue weighted by Crippen LogP contribution is -1.96. The van der Waals surface area contributed by atoms with Crippen molar-refractivity contribution in [3.05, 3.63) is 35.4 Å². The second kappa shape index (κ2) is 3.45. The van der Waals surface area contributed by atoms with Gasteiger partial charge in [0.25, 0.3) is 0 Å². The molecule has 0 radical (unpaired) electrons. The maximum absolute atomic E-state index is 8.64. The molecular weight excluding hydrogens is 174 g/mol. The molecule has 1 N–H and O–H groups in total. The number of aryl methyl sites for hydroxylation is 1. The van der Waals surface area contributed by atoms with Crippen molar-refractivity contribution in [2.75, 3.05) is 0 Å². The Morgan fingerprint density at radius 2 is 2.00 bits per heavy atom. The first kappa shape index (κ1) is 9.25. The van der Waals surface area contributed by atoms with E-state index in [-0.39, 0.29) is 0 Å². The van der Waals surface area contributed by atoms with Gasteiger partial charge in [0.2, 0.25) is 0 Å². The normalized spacial score (nSPS) is 26.3. The van der Waals surface area contributed by atoms with Crippen LogP contribution in [0.2, 0.25) is 0 Å². The zero-order valence-electron chi connectivity index (χ0n) is 8.57. The van der Waals surface area contributed by atoms with Gasteiger partial charge < -0.3 is 5.21 Å². The van der Waals surface area contributed by atoms with Crippen LogP contribution in [0.3, 0.4) is 0 Å². The Hall–Kier alpha value is -1.31.